The topological polar surface area (TPSA) is 107 Å². The average Bonchev–Trinajstić information content (AvgIpc) is 3.50. The number of urea groups is 1. The van der Waals surface area contributed by atoms with Gasteiger partial charge < -0.3 is 19.5 Å². The van der Waals surface area contributed by atoms with E-state index in [1.807, 2.05) is 42.5 Å². The first kappa shape index (κ1) is 25.5. The van der Waals surface area contributed by atoms with Gasteiger partial charge in [0.2, 0.25) is 0 Å². The van der Waals surface area contributed by atoms with Crippen LogP contribution in [0.4, 0.5) is 4.79 Å². The second-order valence-corrected chi connectivity index (χ2v) is 8.93. The summed E-state index contributed by atoms with van der Waals surface area (Å²) in [6.45, 7) is 1.65. The number of carbonyl (C=O) groups is 2. The second-order valence-electron chi connectivity index (χ2n) is 8.93. The number of benzene rings is 3. The molecule has 0 saturated carbocycles. The monoisotopic (exact) mass is 525 g/mol. The Kier molecular flexibility index (Phi) is 6.76. The Balaban J connectivity index is 1.52. The zero-order valence-corrected chi connectivity index (χ0v) is 21.9. The Morgan fingerprint density at radius 3 is 2.28 bits per heavy atom. The molecule has 0 bridgehead atoms. The lowest BCUT2D eigenvalue weighted by Gasteiger charge is -2.21. The molecule has 1 atom stereocenters. The predicted octanol–water partition coefficient (Wildman–Crippen LogP) is 4.37. The lowest BCUT2D eigenvalue weighted by molar-refractivity contribution is -0.131. The minimum atomic E-state index is -1.28. The number of aromatic nitrogens is 2. The van der Waals surface area contributed by atoms with Gasteiger partial charge in [0.15, 0.2) is 11.5 Å². The first-order valence-electron chi connectivity index (χ1n) is 12.1. The summed E-state index contributed by atoms with van der Waals surface area (Å²) in [5.74, 6) is 1.26. The van der Waals surface area contributed by atoms with Crippen LogP contribution in [0.3, 0.4) is 0 Å². The average molecular weight is 526 g/mol. The molecule has 1 fully saturated rings. The molecule has 0 spiro atoms. The zero-order valence-electron chi connectivity index (χ0n) is 21.9. The number of ether oxygens (including phenoxy) is 3. The van der Waals surface area contributed by atoms with Gasteiger partial charge in [0.05, 0.1) is 33.2 Å². The highest BCUT2D eigenvalue weighted by atomic mass is 16.5. The minimum absolute atomic E-state index is 0.503. The molecule has 3 amide bonds. The van der Waals surface area contributed by atoms with Crippen LogP contribution in [0.2, 0.25) is 0 Å². The molecule has 1 aliphatic heterocycles. The van der Waals surface area contributed by atoms with Crippen LogP contribution < -0.4 is 19.5 Å². The van der Waals surface area contributed by atoms with Gasteiger partial charge in [0.25, 0.3) is 5.91 Å². The molecule has 1 N–H and O–H groups in total. The summed E-state index contributed by atoms with van der Waals surface area (Å²) in [5.41, 5.74) is 2.08. The van der Waals surface area contributed by atoms with E-state index in [9.17, 15) is 9.59 Å². The van der Waals surface area contributed by atoms with Crippen LogP contribution >= 0.6 is 0 Å². The number of nitrogens with zero attached hydrogens (tertiary/aromatic N) is 4. The number of nitrogens with one attached hydrogen (secondary N) is 1. The van der Waals surface area contributed by atoms with Crippen molar-refractivity contribution in [1.82, 2.24) is 20.1 Å². The molecule has 10 nitrogen and oxygen atoms in total. The van der Waals surface area contributed by atoms with Crippen LogP contribution in [-0.2, 0) is 10.3 Å². The van der Waals surface area contributed by atoms with Crippen LogP contribution in [0.25, 0.3) is 16.9 Å². The molecule has 1 saturated heterocycles. The molecule has 0 aliphatic carbocycles. The maximum Gasteiger partial charge on any atom is 0.346 e. The van der Waals surface area contributed by atoms with Crippen LogP contribution in [0.15, 0.2) is 84.1 Å². The third kappa shape index (κ3) is 4.68. The van der Waals surface area contributed by atoms with E-state index in [4.69, 9.17) is 19.3 Å². The number of hydrogen-bond donors (Lipinski definition) is 1. The highest BCUT2D eigenvalue weighted by molar-refractivity contribution is 6.07. The number of para-hydroxylation sites is 1. The van der Waals surface area contributed by atoms with Crippen molar-refractivity contribution in [1.29, 1.82) is 0 Å². The van der Waals surface area contributed by atoms with Gasteiger partial charge in [-0.2, -0.15) is 10.2 Å². The van der Waals surface area contributed by atoms with Crippen molar-refractivity contribution in [3.63, 3.8) is 0 Å². The molecule has 5 rings (SSSR count). The maximum absolute atomic E-state index is 13.4. The molecule has 10 heteroatoms. The lowest BCUT2D eigenvalue weighted by Crippen LogP contribution is -2.40. The van der Waals surface area contributed by atoms with Crippen molar-refractivity contribution >= 4 is 18.2 Å². The number of imide groups is 1. The van der Waals surface area contributed by atoms with Crippen LogP contribution in [0, 0.1) is 0 Å². The number of carbonyl (C=O) groups excluding carboxylic acids is 2. The molecular formula is C29H27N5O5. The van der Waals surface area contributed by atoms with Gasteiger partial charge >= 0.3 is 6.03 Å². The van der Waals surface area contributed by atoms with Crippen LogP contribution in [-0.4, -0.2) is 54.3 Å². The van der Waals surface area contributed by atoms with Crippen molar-refractivity contribution in [2.24, 2.45) is 5.10 Å². The third-order valence-corrected chi connectivity index (χ3v) is 6.57. The maximum atomic E-state index is 13.4. The van der Waals surface area contributed by atoms with Gasteiger partial charge in [-0.25, -0.2) is 9.48 Å². The molecule has 1 aromatic heterocycles. The molecule has 0 radical (unpaired) electrons. The Labute approximate surface area is 225 Å². The molecule has 198 valence electrons. The van der Waals surface area contributed by atoms with Gasteiger partial charge in [-0.05, 0) is 55.0 Å². The van der Waals surface area contributed by atoms with E-state index in [1.165, 1.54) is 6.21 Å². The molecule has 3 aromatic carbocycles. The molecule has 1 unspecified atom stereocenters. The van der Waals surface area contributed by atoms with E-state index < -0.39 is 17.5 Å². The van der Waals surface area contributed by atoms with Gasteiger partial charge in [-0.3, -0.25) is 4.79 Å². The summed E-state index contributed by atoms with van der Waals surface area (Å²) in [7, 11) is 4.69. The smallest absolute Gasteiger partial charge is 0.346 e. The predicted molar refractivity (Wildman–Crippen MR) is 145 cm³/mol. The molecular weight excluding hydrogens is 498 g/mol. The highest BCUT2D eigenvalue weighted by Gasteiger charge is 2.49. The largest absolute Gasteiger partial charge is 0.497 e. The Bertz CT molecular complexity index is 1550. The third-order valence-electron chi connectivity index (χ3n) is 6.57. The Morgan fingerprint density at radius 2 is 1.62 bits per heavy atom. The zero-order chi connectivity index (χ0) is 27.6. The first-order valence-corrected chi connectivity index (χ1v) is 12.1. The standard InChI is InChI=1S/C29H27N5O5/c1-29(21-11-13-23(37-2)14-12-21)27(35)34(28(36)31-29)30-17-20-18-33(22-8-6-5-7-9-22)32-26(20)19-10-15-24(38-3)25(16-19)39-4/h5-18H,1-4H3,(H,31,36). The van der Waals surface area contributed by atoms with E-state index in [2.05, 4.69) is 10.4 Å². The molecule has 39 heavy (non-hydrogen) atoms. The van der Waals surface area contributed by atoms with Crippen LogP contribution in [0.5, 0.6) is 17.2 Å². The van der Waals surface area contributed by atoms with Crippen molar-refractivity contribution in [3.8, 4) is 34.2 Å². The lowest BCUT2D eigenvalue weighted by atomic mass is 9.92. The minimum Gasteiger partial charge on any atom is -0.497 e. The summed E-state index contributed by atoms with van der Waals surface area (Å²) >= 11 is 0. The summed E-state index contributed by atoms with van der Waals surface area (Å²) in [6, 6.07) is 21.4. The first-order chi connectivity index (χ1) is 18.9. The van der Waals surface area contributed by atoms with Crippen molar-refractivity contribution in [3.05, 3.63) is 90.1 Å². The molecule has 4 aromatic rings. The quantitative estimate of drug-likeness (QED) is 0.271. The Hall–Kier alpha value is -5.12. The normalized spacial score (nSPS) is 17.0. The fraction of sp³-hybridized carbons (Fsp3) is 0.172. The van der Waals surface area contributed by atoms with E-state index in [0.29, 0.717) is 34.1 Å². The van der Waals surface area contributed by atoms with Crippen LogP contribution in [0.1, 0.15) is 18.1 Å². The number of hydrogen-bond acceptors (Lipinski definition) is 7. The summed E-state index contributed by atoms with van der Waals surface area (Å²) in [6.07, 6.45) is 3.24. The van der Waals surface area contributed by atoms with Gasteiger partial charge in [-0.15, -0.1) is 5.01 Å². The fourth-order valence-electron chi connectivity index (χ4n) is 4.37. The second kappa shape index (κ2) is 10.3. The number of rotatable bonds is 8. The SMILES string of the molecule is COc1ccc(C2(C)NC(=O)N(N=Cc3cn(-c4ccccc4)nc3-c3ccc(OC)c(OC)c3)C2=O)cc1. The van der Waals surface area contributed by atoms with E-state index in [-0.39, 0.29) is 0 Å². The van der Waals surface area contributed by atoms with Gasteiger partial charge in [-0.1, -0.05) is 30.3 Å². The van der Waals surface area contributed by atoms with E-state index in [0.717, 1.165) is 16.3 Å². The Morgan fingerprint density at radius 1 is 0.897 bits per heavy atom. The van der Waals surface area contributed by atoms with Crippen molar-refractivity contribution in [2.75, 3.05) is 21.3 Å². The summed E-state index contributed by atoms with van der Waals surface area (Å²) in [5, 5.41) is 12.7. The van der Waals surface area contributed by atoms with Crippen molar-refractivity contribution < 1.29 is 23.8 Å². The highest BCUT2D eigenvalue weighted by Crippen LogP contribution is 2.34. The summed E-state index contributed by atoms with van der Waals surface area (Å²) < 4.78 is 17.7. The van der Waals surface area contributed by atoms with Gasteiger partial charge in [0, 0.05) is 17.3 Å². The summed E-state index contributed by atoms with van der Waals surface area (Å²) in [4.78, 5) is 26.3. The van der Waals surface area contributed by atoms with Crippen molar-refractivity contribution in [2.45, 2.75) is 12.5 Å². The fourth-order valence-corrected chi connectivity index (χ4v) is 4.37. The molecule has 1 aliphatic rings. The number of hydrazone groups is 1. The van der Waals surface area contributed by atoms with Gasteiger partial charge in [0.1, 0.15) is 17.0 Å². The van der Waals surface area contributed by atoms with E-state index >= 15 is 0 Å². The number of amides is 3. The molecule has 2 heterocycles. The van der Waals surface area contributed by atoms with E-state index in [1.54, 1.807) is 69.5 Å². The number of methoxy groups -OCH3 is 3.